The number of likely N-dealkylation sites (tertiary alicyclic amines) is 1. The lowest BCUT2D eigenvalue weighted by atomic mass is 9.77. The predicted molar refractivity (Wildman–Crippen MR) is 70.5 cm³/mol. The molecule has 0 unspecified atom stereocenters. The Kier molecular flexibility index (Phi) is 2.69. The van der Waals surface area contributed by atoms with Crippen molar-refractivity contribution in [2.24, 2.45) is 11.8 Å². The van der Waals surface area contributed by atoms with E-state index in [9.17, 15) is 19.1 Å². The Balaban J connectivity index is 1.64. The number of halogens is 1. The third-order valence-corrected chi connectivity index (χ3v) is 4.77. The lowest BCUT2D eigenvalue weighted by Gasteiger charge is -2.24. The van der Waals surface area contributed by atoms with Gasteiger partial charge in [0.25, 0.3) is 0 Å². The van der Waals surface area contributed by atoms with Gasteiger partial charge in [-0.15, -0.1) is 0 Å². The quantitative estimate of drug-likeness (QED) is 0.729. The summed E-state index contributed by atoms with van der Waals surface area (Å²) >= 11 is 0. The molecule has 0 radical (unpaired) electrons. The van der Waals surface area contributed by atoms with Crippen molar-refractivity contribution < 1.29 is 23.8 Å². The van der Waals surface area contributed by atoms with E-state index in [4.69, 9.17) is 4.74 Å². The largest absolute Gasteiger partial charge is 0.550 e. The third-order valence-electron chi connectivity index (χ3n) is 4.77. The van der Waals surface area contributed by atoms with Crippen LogP contribution < -0.4 is 5.11 Å². The van der Waals surface area contributed by atoms with Crippen LogP contribution in [0, 0.1) is 17.7 Å². The number of carbonyl (C=O) groups excluding carboxylic acids is 2. The Morgan fingerprint density at radius 1 is 1.45 bits per heavy atom. The number of carbonyl (C=O) groups is 2. The number of hydrogen-bond acceptors (Lipinski definition) is 4. The first-order chi connectivity index (χ1) is 10.5. The summed E-state index contributed by atoms with van der Waals surface area (Å²) in [5.74, 6) is -3.73. The highest BCUT2D eigenvalue weighted by molar-refractivity contribution is 5.90. The fourth-order valence-electron chi connectivity index (χ4n) is 3.81. The Morgan fingerprint density at radius 3 is 2.95 bits per heavy atom. The topological polar surface area (TPSA) is 69.7 Å². The lowest BCUT2D eigenvalue weighted by Crippen LogP contribution is -2.45. The van der Waals surface area contributed by atoms with E-state index >= 15 is 0 Å². The fraction of sp³-hybridized carbons (Fsp3) is 0.375. The van der Waals surface area contributed by atoms with Gasteiger partial charge in [0.2, 0.25) is 5.91 Å². The van der Waals surface area contributed by atoms with Gasteiger partial charge in [0.15, 0.2) is 0 Å². The monoisotopic (exact) mass is 302 g/mol. The second-order valence-corrected chi connectivity index (χ2v) is 6.00. The number of rotatable bonds is 3. The molecule has 2 bridgehead atoms. The molecule has 0 N–H and O–H groups in total. The van der Waals surface area contributed by atoms with Crippen LogP contribution in [-0.4, -0.2) is 35.0 Å². The van der Waals surface area contributed by atoms with Gasteiger partial charge in [0.05, 0.1) is 18.6 Å². The first-order valence-corrected chi connectivity index (χ1v) is 7.12. The molecule has 3 aliphatic rings. The van der Waals surface area contributed by atoms with Gasteiger partial charge in [-0.25, -0.2) is 4.39 Å². The number of benzene rings is 1. The maximum absolute atomic E-state index is 13.8. The zero-order chi connectivity index (χ0) is 15.5. The third kappa shape index (κ3) is 1.67. The fourth-order valence-corrected chi connectivity index (χ4v) is 3.81. The van der Waals surface area contributed by atoms with Crippen molar-refractivity contribution in [3.8, 4) is 0 Å². The van der Waals surface area contributed by atoms with Crippen molar-refractivity contribution >= 4 is 11.9 Å². The minimum atomic E-state index is -1.28. The summed E-state index contributed by atoms with van der Waals surface area (Å²) in [6.45, 7) is 0.340. The molecule has 4 atom stereocenters. The molecule has 2 fully saturated rings. The smallest absolute Gasteiger partial charge is 0.230 e. The van der Waals surface area contributed by atoms with Crippen LogP contribution >= 0.6 is 0 Å². The van der Waals surface area contributed by atoms with Crippen molar-refractivity contribution in [3.05, 3.63) is 47.8 Å². The molecule has 1 spiro atoms. The van der Waals surface area contributed by atoms with E-state index in [2.05, 4.69) is 0 Å². The molecule has 0 aliphatic carbocycles. The van der Waals surface area contributed by atoms with Gasteiger partial charge in [-0.3, -0.25) is 4.79 Å². The molecule has 114 valence electrons. The van der Waals surface area contributed by atoms with Gasteiger partial charge in [-0.2, -0.15) is 0 Å². The van der Waals surface area contributed by atoms with E-state index < -0.39 is 29.5 Å². The standard InChI is InChI=1S/C16H14FNO4/c17-10-4-2-1-3-9(10)7-18-8-16-6-5-11(22-16)12(15(20)21)13(16)14(18)19/h1-6,11-13H,7-8H2,(H,20,21)/p-1/t11-,12+,13-,16-/m1/s1. The van der Waals surface area contributed by atoms with E-state index in [1.165, 1.54) is 11.0 Å². The van der Waals surface area contributed by atoms with E-state index in [0.29, 0.717) is 5.56 Å². The number of nitrogens with zero attached hydrogens (tertiary/aromatic N) is 1. The minimum Gasteiger partial charge on any atom is -0.550 e. The van der Waals surface area contributed by atoms with E-state index in [-0.39, 0.29) is 24.8 Å². The van der Waals surface area contributed by atoms with Gasteiger partial charge in [0.1, 0.15) is 11.4 Å². The number of carboxylic acids is 1. The summed E-state index contributed by atoms with van der Waals surface area (Å²) in [4.78, 5) is 25.4. The maximum Gasteiger partial charge on any atom is 0.230 e. The van der Waals surface area contributed by atoms with Crippen LogP contribution in [0.15, 0.2) is 36.4 Å². The van der Waals surface area contributed by atoms with Crippen molar-refractivity contribution in [3.63, 3.8) is 0 Å². The lowest BCUT2D eigenvalue weighted by molar-refractivity contribution is -0.313. The number of hydrogen-bond donors (Lipinski definition) is 0. The Bertz CT molecular complexity index is 703. The van der Waals surface area contributed by atoms with Crippen molar-refractivity contribution in [2.45, 2.75) is 18.2 Å². The van der Waals surface area contributed by atoms with Crippen molar-refractivity contribution in [2.75, 3.05) is 6.54 Å². The molecule has 3 aliphatic heterocycles. The van der Waals surface area contributed by atoms with E-state index in [1.54, 1.807) is 30.4 Å². The van der Waals surface area contributed by atoms with Gasteiger partial charge < -0.3 is 19.5 Å². The van der Waals surface area contributed by atoms with Crippen LogP contribution in [0.3, 0.4) is 0 Å². The Labute approximate surface area is 126 Å². The summed E-state index contributed by atoms with van der Waals surface area (Å²) in [6, 6.07) is 6.22. The van der Waals surface area contributed by atoms with Gasteiger partial charge in [-0.05, 0) is 6.07 Å². The molecule has 4 rings (SSSR count). The van der Waals surface area contributed by atoms with Crippen LogP contribution in [0.1, 0.15) is 5.56 Å². The highest BCUT2D eigenvalue weighted by Gasteiger charge is 2.65. The summed E-state index contributed by atoms with van der Waals surface area (Å²) in [5, 5.41) is 11.3. The first-order valence-electron chi connectivity index (χ1n) is 7.12. The number of carboxylic acid groups (broad SMARTS) is 1. The zero-order valence-electron chi connectivity index (χ0n) is 11.6. The van der Waals surface area contributed by atoms with Crippen LogP contribution in [0.25, 0.3) is 0 Å². The molecule has 6 heteroatoms. The summed E-state index contributed by atoms with van der Waals surface area (Å²) in [5.41, 5.74) is -0.506. The number of fused-ring (bicyclic) bond motifs is 1. The van der Waals surface area contributed by atoms with Crippen LogP contribution in [0.4, 0.5) is 4.39 Å². The van der Waals surface area contributed by atoms with Gasteiger partial charge >= 0.3 is 0 Å². The number of aliphatic carboxylic acids is 1. The molecule has 0 aromatic heterocycles. The number of ether oxygens (including phenoxy) is 1. The number of amides is 1. The highest BCUT2D eigenvalue weighted by Crippen LogP contribution is 2.51. The SMILES string of the molecule is O=C([O-])[C@H]1[C@H]2C=C[C@]3(CN(Cc4ccccc4F)C(=O)[C@@H]13)O2. The van der Waals surface area contributed by atoms with Crippen LogP contribution in [-0.2, 0) is 20.9 Å². The molecule has 22 heavy (non-hydrogen) atoms. The van der Waals surface area contributed by atoms with Crippen molar-refractivity contribution in [1.82, 2.24) is 4.90 Å². The Hall–Kier alpha value is -2.21. The molecule has 3 heterocycles. The summed E-state index contributed by atoms with van der Waals surface area (Å²) in [6.07, 6.45) is 2.84. The molecule has 0 saturated carbocycles. The second kappa shape index (κ2) is 4.39. The normalized spacial score (nSPS) is 35.2. The highest BCUT2D eigenvalue weighted by atomic mass is 19.1. The summed E-state index contributed by atoms with van der Waals surface area (Å²) in [7, 11) is 0. The summed E-state index contributed by atoms with van der Waals surface area (Å²) < 4.78 is 19.5. The van der Waals surface area contributed by atoms with Crippen molar-refractivity contribution in [1.29, 1.82) is 0 Å². The van der Waals surface area contributed by atoms with Crippen LogP contribution in [0.5, 0.6) is 0 Å². The minimum absolute atomic E-state index is 0.103. The molecule has 1 aromatic carbocycles. The second-order valence-electron chi connectivity index (χ2n) is 6.00. The van der Waals surface area contributed by atoms with Gasteiger partial charge in [-0.1, -0.05) is 30.4 Å². The average molecular weight is 302 g/mol. The predicted octanol–water partition coefficient (Wildman–Crippen LogP) is -0.142. The van der Waals surface area contributed by atoms with E-state index in [0.717, 1.165) is 0 Å². The van der Waals surface area contributed by atoms with Gasteiger partial charge in [0, 0.05) is 24.0 Å². The molecule has 1 amide bonds. The van der Waals surface area contributed by atoms with Crippen LogP contribution in [0.2, 0.25) is 0 Å². The molecule has 2 saturated heterocycles. The first kappa shape index (κ1) is 13.5. The zero-order valence-corrected chi connectivity index (χ0v) is 11.6. The average Bonchev–Trinajstić information content (AvgIpc) is 3.10. The molecular formula is C16H13FNO4-. The molecule has 1 aromatic rings. The maximum atomic E-state index is 13.8. The van der Waals surface area contributed by atoms with E-state index in [1.807, 2.05) is 0 Å². The molecular weight excluding hydrogens is 289 g/mol. The Morgan fingerprint density at radius 2 is 2.23 bits per heavy atom. The molecule has 5 nitrogen and oxygen atoms in total.